The number of amides is 4. The molecule has 11 aromatic rings. The average molecular weight is 1750 g/mol. The number of piperidine rings is 4. The number of aromatic nitrogens is 19. The molecule has 8 unspecified atom stereocenters. The quantitative estimate of drug-likeness (QED) is 0.0399. The first kappa shape index (κ1) is 84.7. The molecular formula is C89H108N28O11. The average Bonchev–Trinajstić information content (AvgIpc) is 1.60. The number of imidazole rings is 4. The van der Waals surface area contributed by atoms with Crippen molar-refractivity contribution in [2.24, 2.45) is 113 Å². The molecule has 10 aliphatic rings. The fraction of sp³-hybridized carbons (Fsp3) is 0.449. The van der Waals surface area contributed by atoms with Crippen LogP contribution in [0.1, 0.15) is 50.2 Å². The summed E-state index contributed by atoms with van der Waals surface area (Å²) in [4.78, 5) is 116. The van der Waals surface area contributed by atoms with Gasteiger partial charge in [0, 0.05) is 158 Å². The third kappa shape index (κ3) is 15.6. The maximum atomic E-state index is 13.5. The van der Waals surface area contributed by atoms with E-state index in [1.165, 1.54) is 24.3 Å². The minimum atomic E-state index is -0.0669. The molecule has 8 atom stereocenters. The lowest BCUT2D eigenvalue weighted by Crippen LogP contribution is -2.32. The van der Waals surface area contributed by atoms with Gasteiger partial charge in [-0.05, 0) is 122 Å². The van der Waals surface area contributed by atoms with Crippen molar-refractivity contribution in [1.82, 2.24) is 116 Å². The molecule has 4 amide bonds. The van der Waals surface area contributed by atoms with Gasteiger partial charge in [0.1, 0.15) is 61.5 Å². The zero-order valence-electron chi connectivity index (χ0n) is 74.0. The van der Waals surface area contributed by atoms with Crippen LogP contribution in [0.4, 0.5) is 39.8 Å². The van der Waals surface area contributed by atoms with Crippen LogP contribution in [0.2, 0.25) is 0 Å². The second-order valence-electron chi connectivity index (χ2n) is 35.4. The molecule has 670 valence electrons. The third-order valence-electron chi connectivity index (χ3n) is 27.2. The zero-order chi connectivity index (χ0) is 90.0. The Morgan fingerprint density at radius 1 is 0.422 bits per heavy atom. The second-order valence-corrected chi connectivity index (χ2v) is 35.4. The molecule has 128 heavy (non-hydrogen) atoms. The molecule has 0 bridgehead atoms. The summed E-state index contributed by atoms with van der Waals surface area (Å²) in [6.07, 6.45) is 29.6. The van der Waals surface area contributed by atoms with Crippen molar-refractivity contribution in [2.75, 3.05) is 109 Å². The second kappa shape index (κ2) is 33.3. The molecule has 5 saturated carbocycles. The highest BCUT2D eigenvalue weighted by Crippen LogP contribution is 2.56. The van der Waals surface area contributed by atoms with Gasteiger partial charge in [0.25, 0.3) is 40.2 Å². The smallest absolute Gasteiger partial charge is 0.276 e. The first-order valence-corrected chi connectivity index (χ1v) is 43.1. The van der Waals surface area contributed by atoms with E-state index in [4.69, 9.17) is 18.9 Å². The van der Waals surface area contributed by atoms with Gasteiger partial charge in [0.05, 0.1) is 113 Å². The van der Waals surface area contributed by atoms with Crippen LogP contribution in [0, 0.1) is 71.0 Å². The molecule has 11 aromatic heterocycles. The normalized spacial score (nSPS) is 22.7. The highest BCUT2D eigenvalue weighted by atomic mass is 16.5. The molecule has 4 N–H and O–H groups in total. The molecule has 9 fully saturated rings. The van der Waals surface area contributed by atoms with Crippen molar-refractivity contribution >= 4 is 108 Å². The minimum Gasteiger partial charge on any atom is -0.478 e. The summed E-state index contributed by atoms with van der Waals surface area (Å²) in [5.41, 5.74) is 12.3. The summed E-state index contributed by atoms with van der Waals surface area (Å²) < 4.78 is 41.3. The Morgan fingerprint density at radius 2 is 0.750 bits per heavy atom. The van der Waals surface area contributed by atoms with E-state index in [1.807, 2.05) is 137 Å². The summed E-state index contributed by atoms with van der Waals surface area (Å²) >= 11 is 0. The number of anilines is 7. The van der Waals surface area contributed by atoms with E-state index in [-0.39, 0.29) is 46.3 Å². The van der Waals surface area contributed by atoms with Crippen LogP contribution in [0.15, 0.2) is 146 Å². The lowest BCUT2D eigenvalue weighted by molar-refractivity contribution is -0.126. The van der Waals surface area contributed by atoms with E-state index < -0.39 is 0 Å². The predicted octanol–water partition coefficient (Wildman–Crippen LogP) is 6.92. The Hall–Kier alpha value is -14.2. The monoisotopic (exact) mass is 1740 g/mol. The van der Waals surface area contributed by atoms with Gasteiger partial charge in [0.15, 0.2) is 0 Å². The number of carbonyl (C=O) groups is 4. The Balaban J connectivity index is 0.000000115. The minimum absolute atomic E-state index is 0.00947. The van der Waals surface area contributed by atoms with Crippen LogP contribution in [0.5, 0.6) is 23.5 Å². The predicted molar refractivity (Wildman–Crippen MR) is 480 cm³/mol. The maximum Gasteiger partial charge on any atom is 0.276 e. The number of carbonyl (C=O) groups excluding carboxylic acids is 4. The van der Waals surface area contributed by atoms with Crippen molar-refractivity contribution in [3.63, 3.8) is 0 Å². The van der Waals surface area contributed by atoms with Gasteiger partial charge < -0.3 is 96.7 Å². The van der Waals surface area contributed by atoms with Crippen LogP contribution in [0.3, 0.4) is 0 Å². The molecule has 0 aromatic carbocycles. The number of fused-ring (bicyclic) bond motifs is 8. The van der Waals surface area contributed by atoms with Crippen molar-refractivity contribution in [3.8, 4) is 23.5 Å². The number of methoxy groups -OCH3 is 4. The van der Waals surface area contributed by atoms with E-state index in [1.54, 1.807) is 86.2 Å². The molecule has 0 radical (unpaired) electrons. The van der Waals surface area contributed by atoms with Crippen LogP contribution in [0.25, 0.3) is 44.5 Å². The topological polar surface area (TPSA) is 378 Å². The van der Waals surface area contributed by atoms with E-state index in [9.17, 15) is 33.6 Å². The first-order valence-electron chi connectivity index (χ1n) is 43.1. The Labute approximate surface area is 736 Å². The summed E-state index contributed by atoms with van der Waals surface area (Å²) in [6.45, 7) is 31.6. The van der Waals surface area contributed by atoms with Crippen LogP contribution >= 0.6 is 0 Å². The van der Waals surface area contributed by atoms with E-state index in [0.717, 1.165) is 117 Å². The van der Waals surface area contributed by atoms with Crippen molar-refractivity contribution in [1.29, 1.82) is 0 Å². The van der Waals surface area contributed by atoms with Gasteiger partial charge >= 0.3 is 0 Å². The van der Waals surface area contributed by atoms with E-state index in [2.05, 4.69) is 106 Å². The number of pyridine rings is 3. The van der Waals surface area contributed by atoms with E-state index >= 15 is 0 Å². The van der Waals surface area contributed by atoms with Gasteiger partial charge in [-0.15, -0.1) is 20.4 Å². The molecule has 39 heteroatoms. The Bertz CT molecular complexity index is 6300. The molecule has 0 spiro atoms. The number of rotatable bonds is 26. The van der Waals surface area contributed by atoms with Gasteiger partial charge in [0.2, 0.25) is 23.6 Å². The Kier molecular flexibility index (Phi) is 22.0. The maximum absolute atomic E-state index is 13.5. The molecule has 4 saturated heterocycles. The fourth-order valence-corrected chi connectivity index (χ4v) is 20.2. The SMILES string of the molecule is C=CC(=O)N1CC2C(C1)C2Cn1cc(Nc2cn(C)nc2OC)c2ncn(C(C)C)c2c1=O.C=CC(=O)N1CC2C(C1)C2Cn1cc(Nc2cn(C)nc2OC)c2ncn(C)c2c1=O.C=CC(=O)N1CC2C(C1)C2Cn1cc(Nc2cn(C)nc2OC)c2ncn(C3CC3)c2c1=O.C=CC(=O)N1CC2C(CN3C=C(Nc4cn(C)nc4OC)c4ncn(C)c4C3=C)C2C1. The van der Waals surface area contributed by atoms with Crippen LogP contribution in [-0.4, -0.2) is 226 Å². The molecule has 39 nitrogen and oxygen atoms in total. The highest BCUT2D eigenvalue weighted by Gasteiger charge is 2.60. The molecule has 5 aliphatic heterocycles. The molecule has 5 aliphatic carbocycles. The molecule has 16 heterocycles. The summed E-state index contributed by atoms with van der Waals surface area (Å²) in [5, 5.41) is 30.8. The number of aryl methyl sites for hydroxylation is 6. The fourth-order valence-electron chi connectivity index (χ4n) is 20.2. The number of nitrogens with zero attached hydrogens (tertiary/aromatic N) is 24. The standard InChI is InChI=1S/C23H27N7O3.C23H29N7O3.C22H27N7O2.C21H25N7O3/c1-4-19(31)28-7-14-15(8-28)16(14)9-29-11-17(25-18-10-27(2)26-22(18)33-3)20-21(23(29)32)30(12-24-20)13-5-6-13;1-6-19(31)28-7-14-15(8-28)16(14)9-29-11-17(25-18-10-27(4)26-22(18)33-5)20-21(23(29)32)30(12-24-20)13(2)3;1-6-19(30)29-8-15-14(16(15)9-29)7-28-11-17(20-21(13(28)2)26(3)12-23-20)24-18-10-27(4)25-22(18)31-5;1-5-17(29)27-6-12-13(7-27)14(12)8-28-10-15(18-19(21(28)30)25(2)11-22-18)23-16-9-26(3)24-20(16)31-4/h4,10-16,25H,1,5-9H2,2-3H3;6,10-16,25H,1,7-9H2,2-5H3;6,10-12,14-16,24H,1-2,7-9H2,3-5H3;5,9-14,23H,1,6-8H2,2-4H3. The van der Waals surface area contributed by atoms with Crippen molar-refractivity contribution in [3.05, 3.63) is 175 Å². The van der Waals surface area contributed by atoms with E-state index in [0.29, 0.717) is 170 Å². The summed E-state index contributed by atoms with van der Waals surface area (Å²) in [7, 11) is 17.5. The number of nitrogens with one attached hydrogen (secondary N) is 4. The highest BCUT2D eigenvalue weighted by molar-refractivity contribution is 5.94. The number of hydrogen-bond acceptors (Lipinski definition) is 24. The zero-order valence-corrected chi connectivity index (χ0v) is 74.0. The first-order chi connectivity index (χ1) is 61.6. The van der Waals surface area contributed by atoms with Crippen molar-refractivity contribution in [2.45, 2.75) is 58.4 Å². The summed E-state index contributed by atoms with van der Waals surface area (Å²) in [5.74, 6) is 7.37. The number of ether oxygens (including phenoxy) is 4. The van der Waals surface area contributed by atoms with Crippen molar-refractivity contribution < 1.29 is 38.1 Å². The summed E-state index contributed by atoms with van der Waals surface area (Å²) in [6, 6.07) is 0.441. The van der Waals surface area contributed by atoms with Crippen LogP contribution in [-0.2, 0) is 81.1 Å². The van der Waals surface area contributed by atoms with Gasteiger partial charge in [-0.25, -0.2) is 19.9 Å². The molecular weight excluding hydrogens is 1640 g/mol. The van der Waals surface area contributed by atoms with Gasteiger partial charge in [-0.1, -0.05) is 32.9 Å². The van der Waals surface area contributed by atoms with Gasteiger partial charge in [-0.3, -0.25) is 52.3 Å². The third-order valence-corrected chi connectivity index (χ3v) is 27.2. The molecule has 21 rings (SSSR count). The largest absolute Gasteiger partial charge is 0.478 e. The lowest BCUT2D eigenvalue weighted by atomic mass is 10.1. The Morgan fingerprint density at radius 3 is 1.12 bits per heavy atom. The lowest BCUT2D eigenvalue weighted by Gasteiger charge is -2.30. The number of likely N-dealkylation sites (tertiary alicyclic amines) is 4. The van der Waals surface area contributed by atoms with Gasteiger partial charge in [-0.2, -0.15) is 0 Å². The number of hydrogen-bond donors (Lipinski definition) is 4. The van der Waals surface area contributed by atoms with Crippen LogP contribution < -0.4 is 56.9 Å².